The van der Waals surface area contributed by atoms with Crippen molar-refractivity contribution in [2.75, 3.05) is 0 Å². The highest BCUT2D eigenvalue weighted by Crippen LogP contribution is 2.40. The lowest BCUT2D eigenvalue weighted by molar-refractivity contribution is 0.412. The van der Waals surface area contributed by atoms with Gasteiger partial charge >= 0.3 is 0 Å². The van der Waals surface area contributed by atoms with Gasteiger partial charge in [-0.05, 0) is 12.1 Å². The molecule has 0 aliphatic rings. The molecule has 14 heavy (non-hydrogen) atoms. The lowest BCUT2D eigenvalue weighted by Crippen LogP contribution is -1.76. The average Bonchev–Trinajstić information content (AvgIpc) is 2.80. The summed E-state index contributed by atoms with van der Waals surface area (Å²) in [6.07, 6.45) is 3.45. The van der Waals surface area contributed by atoms with E-state index in [0.717, 1.165) is 11.0 Å². The second-order valence-corrected chi connectivity index (χ2v) is 3.23. The fraction of sp³-hybridized carbons (Fsp3) is 0. The molecule has 4 heteroatoms. The molecule has 0 saturated heterocycles. The molecule has 0 aliphatic heterocycles. The van der Waals surface area contributed by atoms with E-state index in [4.69, 9.17) is 0 Å². The number of benzene rings is 1. The average molecular weight is 188 g/mol. The summed E-state index contributed by atoms with van der Waals surface area (Å²) in [6, 6.07) is 3.45. The number of nitrogens with one attached hydrogen (secondary N) is 2. The van der Waals surface area contributed by atoms with Crippen LogP contribution in [0.1, 0.15) is 0 Å². The summed E-state index contributed by atoms with van der Waals surface area (Å²) in [5, 5.41) is 20.6. The number of aromatic hydroxyl groups is 2. The first-order valence-electron chi connectivity index (χ1n) is 4.27. The van der Waals surface area contributed by atoms with Crippen LogP contribution in [0.3, 0.4) is 0 Å². The Labute approximate surface area is 78.8 Å². The van der Waals surface area contributed by atoms with Crippen molar-refractivity contribution in [2.45, 2.75) is 0 Å². The Balaban J connectivity index is 2.73. The first-order chi connectivity index (χ1) is 6.79. The van der Waals surface area contributed by atoms with Gasteiger partial charge in [-0.3, -0.25) is 0 Å². The van der Waals surface area contributed by atoms with Crippen molar-refractivity contribution in [2.24, 2.45) is 0 Å². The van der Waals surface area contributed by atoms with E-state index in [9.17, 15) is 10.2 Å². The van der Waals surface area contributed by atoms with Crippen molar-refractivity contribution in [1.29, 1.82) is 0 Å². The smallest absolute Gasteiger partial charge is 0.167 e. The van der Waals surface area contributed by atoms with E-state index in [1.54, 1.807) is 24.5 Å². The fourth-order valence-electron chi connectivity index (χ4n) is 1.80. The van der Waals surface area contributed by atoms with E-state index in [-0.39, 0.29) is 11.5 Å². The standard InChI is InChI=1S/C10H8N2O2/c13-9-5-1-3-11-7(5)8-6(10(9)14)2-4-12-8/h1-4,11-14H. The third kappa shape index (κ3) is 0.682. The number of phenols is 2. The van der Waals surface area contributed by atoms with Crippen molar-refractivity contribution in [3.63, 3.8) is 0 Å². The molecule has 0 aliphatic carbocycles. The topological polar surface area (TPSA) is 72.0 Å². The van der Waals surface area contributed by atoms with Crippen molar-refractivity contribution in [3.8, 4) is 11.5 Å². The van der Waals surface area contributed by atoms with Gasteiger partial charge in [-0.25, -0.2) is 0 Å². The highest BCUT2D eigenvalue weighted by molar-refractivity contribution is 6.10. The van der Waals surface area contributed by atoms with Gasteiger partial charge in [0.05, 0.1) is 11.0 Å². The molecule has 0 amide bonds. The van der Waals surface area contributed by atoms with Gasteiger partial charge in [-0.2, -0.15) is 0 Å². The summed E-state index contributed by atoms with van der Waals surface area (Å²) in [5.74, 6) is -0.151. The van der Waals surface area contributed by atoms with Crippen LogP contribution in [0.2, 0.25) is 0 Å². The molecule has 4 N–H and O–H groups in total. The molecular formula is C10H8N2O2. The summed E-state index contributed by atoms with van der Waals surface area (Å²) in [7, 11) is 0. The number of hydrogen-bond donors (Lipinski definition) is 4. The van der Waals surface area contributed by atoms with Crippen LogP contribution in [0, 0.1) is 0 Å². The van der Waals surface area contributed by atoms with Crippen LogP contribution in [0.5, 0.6) is 11.5 Å². The predicted molar refractivity (Wildman–Crippen MR) is 53.5 cm³/mol. The van der Waals surface area contributed by atoms with Crippen LogP contribution < -0.4 is 0 Å². The molecular weight excluding hydrogens is 180 g/mol. The van der Waals surface area contributed by atoms with Gasteiger partial charge in [0.25, 0.3) is 0 Å². The summed E-state index contributed by atoms with van der Waals surface area (Å²) < 4.78 is 0. The fourth-order valence-corrected chi connectivity index (χ4v) is 1.80. The molecule has 0 spiro atoms. The normalized spacial score (nSPS) is 11.4. The molecule has 0 saturated carbocycles. The number of aromatic amines is 2. The zero-order valence-corrected chi connectivity index (χ0v) is 7.20. The maximum absolute atomic E-state index is 9.68. The van der Waals surface area contributed by atoms with Gasteiger partial charge < -0.3 is 20.2 Å². The van der Waals surface area contributed by atoms with Crippen LogP contribution >= 0.6 is 0 Å². The van der Waals surface area contributed by atoms with Crippen LogP contribution in [0.15, 0.2) is 24.5 Å². The number of H-pyrrole nitrogens is 2. The zero-order chi connectivity index (χ0) is 9.71. The van der Waals surface area contributed by atoms with Crippen LogP contribution in [0.4, 0.5) is 0 Å². The third-order valence-corrected chi connectivity index (χ3v) is 2.48. The second-order valence-electron chi connectivity index (χ2n) is 3.23. The molecule has 70 valence electrons. The second kappa shape index (κ2) is 2.23. The lowest BCUT2D eigenvalue weighted by atomic mass is 10.1. The number of hydrogen-bond acceptors (Lipinski definition) is 2. The maximum atomic E-state index is 9.68. The number of rotatable bonds is 0. The monoisotopic (exact) mass is 188 g/mol. The number of aromatic nitrogens is 2. The molecule has 3 rings (SSSR count). The van der Waals surface area contributed by atoms with Crippen LogP contribution in [-0.4, -0.2) is 20.2 Å². The molecule has 2 heterocycles. The maximum Gasteiger partial charge on any atom is 0.167 e. The third-order valence-electron chi connectivity index (χ3n) is 2.48. The van der Waals surface area contributed by atoms with Gasteiger partial charge in [-0.15, -0.1) is 0 Å². The largest absolute Gasteiger partial charge is 0.504 e. The summed E-state index contributed by atoms with van der Waals surface area (Å²) >= 11 is 0. The highest BCUT2D eigenvalue weighted by Gasteiger charge is 2.13. The van der Waals surface area contributed by atoms with E-state index >= 15 is 0 Å². The molecule has 0 radical (unpaired) electrons. The summed E-state index contributed by atoms with van der Waals surface area (Å²) in [6.45, 7) is 0. The Bertz CT molecular complexity index is 566. The van der Waals surface area contributed by atoms with E-state index in [1.807, 2.05) is 0 Å². The van der Waals surface area contributed by atoms with Gasteiger partial charge in [0.1, 0.15) is 0 Å². The number of fused-ring (bicyclic) bond motifs is 3. The molecule has 0 fully saturated rings. The quantitative estimate of drug-likeness (QED) is 0.408. The first kappa shape index (κ1) is 7.32. The van der Waals surface area contributed by atoms with Gasteiger partial charge in [0.2, 0.25) is 0 Å². The SMILES string of the molecule is Oc1c(O)c2cc[nH]c2c2[nH]ccc12. The van der Waals surface area contributed by atoms with E-state index in [0.29, 0.717) is 10.8 Å². The molecule has 2 aromatic heterocycles. The Kier molecular flexibility index (Phi) is 1.16. The predicted octanol–water partition coefficient (Wildman–Crippen LogP) is 2.06. The van der Waals surface area contributed by atoms with Crippen molar-refractivity contribution in [1.82, 2.24) is 9.97 Å². The Morgan fingerprint density at radius 1 is 0.786 bits per heavy atom. The van der Waals surface area contributed by atoms with E-state index < -0.39 is 0 Å². The lowest BCUT2D eigenvalue weighted by Gasteiger charge is -2.01. The molecule has 0 bridgehead atoms. The Hall–Kier alpha value is -2.10. The van der Waals surface area contributed by atoms with Crippen molar-refractivity contribution in [3.05, 3.63) is 24.5 Å². The van der Waals surface area contributed by atoms with Crippen LogP contribution in [0.25, 0.3) is 21.8 Å². The number of phenolic OH excluding ortho intramolecular Hbond substituents is 2. The first-order valence-corrected chi connectivity index (χ1v) is 4.27. The molecule has 1 aromatic carbocycles. The summed E-state index contributed by atoms with van der Waals surface area (Å²) in [4.78, 5) is 6.03. The molecule has 0 atom stereocenters. The minimum Gasteiger partial charge on any atom is -0.504 e. The Morgan fingerprint density at radius 2 is 1.21 bits per heavy atom. The van der Waals surface area contributed by atoms with Crippen molar-refractivity contribution < 1.29 is 10.2 Å². The van der Waals surface area contributed by atoms with E-state index in [1.165, 1.54) is 0 Å². The van der Waals surface area contributed by atoms with Gasteiger partial charge in [0.15, 0.2) is 11.5 Å². The Morgan fingerprint density at radius 3 is 1.64 bits per heavy atom. The van der Waals surface area contributed by atoms with Gasteiger partial charge in [0, 0.05) is 23.2 Å². The van der Waals surface area contributed by atoms with Crippen molar-refractivity contribution >= 4 is 21.8 Å². The summed E-state index contributed by atoms with van der Waals surface area (Å²) in [5.41, 5.74) is 1.61. The highest BCUT2D eigenvalue weighted by atomic mass is 16.3. The zero-order valence-electron chi connectivity index (χ0n) is 7.20. The van der Waals surface area contributed by atoms with E-state index in [2.05, 4.69) is 9.97 Å². The minimum absolute atomic E-state index is 0.0756. The molecule has 4 nitrogen and oxygen atoms in total. The van der Waals surface area contributed by atoms with Gasteiger partial charge in [-0.1, -0.05) is 0 Å². The molecule has 0 unspecified atom stereocenters. The minimum atomic E-state index is -0.0756. The van der Waals surface area contributed by atoms with Crippen LogP contribution in [-0.2, 0) is 0 Å². The molecule has 3 aromatic rings.